The third-order valence-electron chi connectivity index (χ3n) is 4.21. The second-order valence-electron chi connectivity index (χ2n) is 5.86. The van der Waals surface area contributed by atoms with Crippen molar-refractivity contribution in [2.24, 2.45) is 5.92 Å². The van der Waals surface area contributed by atoms with Crippen molar-refractivity contribution in [3.05, 3.63) is 23.5 Å². The average molecular weight is 275 g/mol. The first-order valence-electron chi connectivity index (χ1n) is 8.27. The highest BCUT2D eigenvalue weighted by Gasteiger charge is 2.17. The van der Waals surface area contributed by atoms with Crippen LogP contribution in [-0.4, -0.2) is 22.9 Å². The average Bonchev–Trinajstić information content (AvgIpc) is 2.95. The summed E-state index contributed by atoms with van der Waals surface area (Å²) < 4.78 is 2.00. The van der Waals surface area contributed by atoms with Crippen LogP contribution in [0.4, 0.5) is 0 Å². The predicted molar refractivity (Wildman–Crippen MR) is 85.6 cm³/mol. The summed E-state index contributed by atoms with van der Waals surface area (Å²) in [5.41, 5.74) is 2.83. The molecule has 0 radical (unpaired) electrons. The molecule has 2 rings (SSSR count). The van der Waals surface area contributed by atoms with Gasteiger partial charge < -0.3 is 5.32 Å². The van der Waals surface area contributed by atoms with Crippen molar-refractivity contribution in [1.82, 2.24) is 15.1 Å². The van der Waals surface area contributed by atoms with Crippen molar-refractivity contribution in [2.75, 3.05) is 13.1 Å². The zero-order valence-corrected chi connectivity index (χ0v) is 13.1. The van der Waals surface area contributed by atoms with E-state index in [9.17, 15) is 0 Å². The topological polar surface area (TPSA) is 29.9 Å². The van der Waals surface area contributed by atoms with Crippen molar-refractivity contribution in [1.29, 1.82) is 0 Å². The number of hydrogen-bond donors (Lipinski definition) is 1. The minimum atomic E-state index is 0.776. The Kier molecular flexibility index (Phi) is 6.31. The van der Waals surface area contributed by atoms with Crippen LogP contribution in [0.15, 0.2) is 18.0 Å². The first kappa shape index (κ1) is 15.3. The molecule has 1 aromatic heterocycles. The quantitative estimate of drug-likeness (QED) is 0.766. The Hall–Kier alpha value is -1.09. The molecular weight excluding hydrogens is 246 g/mol. The minimum absolute atomic E-state index is 0.776. The maximum atomic E-state index is 4.38. The lowest BCUT2D eigenvalue weighted by Crippen LogP contribution is -2.22. The molecule has 0 unspecified atom stereocenters. The molecule has 1 N–H and O–H groups in total. The third kappa shape index (κ3) is 4.48. The number of nitrogens with one attached hydrogen (secondary N) is 1. The Morgan fingerprint density at radius 3 is 2.80 bits per heavy atom. The molecule has 0 atom stereocenters. The summed E-state index contributed by atoms with van der Waals surface area (Å²) in [7, 11) is 0. The normalized spacial score (nSPS) is 17.6. The van der Waals surface area contributed by atoms with E-state index >= 15 is 0 Å². The van der Waals surface area contributed by atoms with E-state index in [0.717, 1.165) is 25.6 Å². The zero-order chi connectivity index (χ0) is 14.2. The van der Waals surface area contributed by atoms with E-state index in [-0.39, 0.29) is 0 Å². The maximum absolute atomic E-state index is 4.38. The van der Waals surface area contributed by atoms with Crippen LogP contribution in [0.5, 0.6) is 0 Å². The summed E-state index contributed by atoms with van der Waals surface area (Å²) in [5.74, 6) is 0.776. The van der Waals surface area contributed by atoms with Gasteiger partial charge in [0.05, 0.1) is 6.20 Å². The van der Waals surface area contributed by atoms with Gasteiger partial charge in [0.25, 0.3) is 0 Å². The molecule has 0 amide bonds. The van der Waals surface area contributed by atoms with Crippen LogP contribution in [0.2, 0.25) is 0 Å². The standard InChI is InChI=1S/C17H29N3/c1-3-10-18-13-17(16-8-6-5-7-9-16)11-15-12-19-20(4-2)14-15/h11-12,14,16,18H,3-10,13H2,1-2H3. The largest absolute Gasteiger partial charge is 0.313 e. The Morgan fingerprint density at radius 2 is 2.15 bits per heavy atom. The third-order valence-corrected chi connectivity index (χ3v) is 4.21. The molecule has 1 fully saturated rings. The molecule has 112 valence electrons. The molecular formula is C17H29N3. The first-order chi connectivity index (χ1) is 9.83. The second kappa shape index (κ2) is 8.25. The van der Waals surface area contributed by atoms with E-state index in [0.29, 0.717) is 0 Å². The van der Waals surface area contributed by atoms with Gasteiger partial charge in [0.1, 0.15) is 0 Å². The van der Waals surface area contributed by atoms with Gasteiger partial charge in [0, 0.05) is 24.8 Å². The summed E-state index contributed by atoms with van der Waals surface area (Å²) in [4.78, 5) is 0. The van der Waals surface area contributed by atoms with Crippen LogP contribution in [0.3, 0.4) is 0 Å². The Balaban J connectivity index is 2.06. The summed E-state index contributed by atoms with van der Waals surface area (Å²) >= 11 is 0. The molecule has 1 heterocycles. The van der Waals surface area contributed by atoms with Crippen molar-refractivity contribution < 1.29 is 0 Å². The second-order valence-corrected chi connectivity index (χ2v) is 5.86. The van der Waals surface area contributed by atoms with Gasteiger partial charge in [-0.15, -0.1) is 0 Å². The van der Waals surface area contributed by atoms with Gasteiger partial charge in [0.15, 0.2) is 0 Å². The minimum Gasteiger partial charge on any atom is -0.313 e. The van der Waals surface area contributed by atoms with Crippen molar-refractivity contribution in [2.45, 2.75) is 58.9 Å². The van der Waals surface area contributed by atoms with Gasteiger partial charge in [-0.25, -0.2) is 0 Å². The van der Waals surface area contributed by atoms with Crippen molar-refractivity contribution in [3.8, 4) is 0 Å². The van der Waals surface area contributed by atoms with Crippen LogP contribution in [-0.2, 0) is 6.54 Å². The Morgan fingerprint density at radius 1 is 1.35 bits per heavy atom. The molecule has 1 aromatic rings. The molecule has 0 aromatic carbocycles. The number of aryl methyl sites for hydroxylation is 1. The van der Waals surface area contributed by atoms with Gasteiger partial charge in [0.2, 0.25) is 0 Å². The van der Waals surface area contributed by atoms with Crippen LogP contribution in [0.1, 0.15) is 57.9 Å². The number of hydrogen-bond acceptors (Lipinski definition) is 2. The summed E-state index contributed by atoms with van der Waals surface area (Å²) in [6.07, 6.45) is 14.6. The molecule has 1 saturated carbocycles. The van der Waals surface area contributed by atoms with Crippen molar-refractivity contribution in [3.63, 3.8) is 0 Å². The smallest absolute Gasteiger partial charge is 0.0562 e. The molecule has 3 nitrogen and oxygen atoms in total. The van der Waals surface area contributed by atoms with E-state index in [1.165, 1.54) is 44.1 Å². The van der Waals surface area contributed by atoms with E-state index in [1.54, 1.807) is 5.57 Å². The molecule has 0 bridgehead atoms. The van der Waals surface area contributed by atoms with Crippen LogP contribution >= 0.6 is 0 Å². The predicted octanol–water partition coefficient (Wildman–Crippen LogP) is 3.87. The van der Waals surface area contributed by atoms with Crippen LogP contribution < -0.4 is 5.32 Å². The zero-order valence-electron chi connectivity index (χ0n) is 13.1. The van der Waals surface area contributed by atoms with E-state index in [4.69, 9.17) is 0 Å². The Labute approximate surface area is 123 Å². The summed E-state index contributed by atoms with van der Waals surface area (Å²) in [6.45, 7) is 7.45. The maximum Gasteiger partial charge on any atom is 0.0562 e. The SMILES string of the molecule is CCCNCC(=Cc1cnn(CC)c1)C1CCCCC1. The van der Waals surface area contributed by atoms with Gasteiger partial charge in [-0.3, -0.25) is 4.68 Å². The first-order valence-corrected chi connectivity index (χ1v) is 8.27. The number of aromatic nitrogens is 2. The number of rotatable bonds is 7. The molecule has 0 spiro atoms. The highest BCUT2D eigenvalue weighted by atomic mass is 15.3. The van der Waals surface area contributed by atoms with Crippen LogP contribution in [0.25, 0.3) is 6.08 Å². The highest BCUT2D eigenvalue weighted by Crippen LogP contribution is 2.30. The molecule has 3 heteroatoms. The molecule has 1 aliphatic rings. The van der Waals surface area contributed by atoms with E-state index in [1.807, 2.05) is 10.9 Å². The summed E-state index contributed by atoms with van der Waals surface area (Å²) in [6, 6.07) is 0. The fourth-order valence-corrected chi connectivity index (χ4v) is 3.04. The monoisotopic (exact) mass is 275 g/mol. The number of nitrogens with zero attached hydrogens (tertiary/aromatic N) is 2. The lowest BCUT2D eigenvalue weighted by Gasteiger charge is -2.25. The van der Waals surface area contributed by atoms with Gasteiger partial charge in [-0.05, 0) is 38.6 Å². The van der Waals surface area contributed by atoms with Crippen LogP contribution in [0, 0.1) is 5.92 Å². The molecule has 20 heavy (non-hydrogen) atoms. The van der Waals surface area contributed by atoms with Gasteiger partial charge >= 0.3 is 0 Å². The molecule has 1 aliphatic carbocycles. The lowest BCUT2D eigenvalue weighted by molar-refractivity contribution is 0.396. The van der Waals surface area contributed by atoms with Gasteiger partial charge in [-0.1, -0.05) is 37.8 Å². The summed E-state index contributed by atoms with van der Waals surface area (Å²) in [5, 5.41) is 7.96. The lowest BCUT2D eigenvalue weighted by atomic mass is 9.83. The van der Waals surface area contributed by atoms with E-state index in [2.05, 4.69) is 36.5 Å². The fourth-order valence-electron chi connectivity index (χ4n) is 3.04. The highest BCUT2D eigenvalue weighted by molar-refractivity contribution is 5.52. The van der Waals surface area contributed by atoms with Crippen molar-refractivity contribution >= 4 is 6.08 Å². The molecule has 0 saturated heterocycles. The van der Waals surface area contributed by atoms with Gasteiger partial charge in [-0.2, -0.15) is 5.10 Å². The van der Waals surface area contributed by atoms with E-state index < -0.39 is 0 Å². The molecule has 0 aliphatic heterocycles. The Bertz CT molecular complexity index is 414. The fraction of sp³-hybridized carbons (Fsp3) is 0.706.